The molecule has 4 nitrogen and oxygen atoms in total. The Kier molecular flexibility index (Phi) is 3.96. The molecule has 96 valence electrons. The van der Waals surface area contributed by atoms with Gasteiger partial charge in [0.2, 0.25) is 0 Å². The van der Waals surface area contributed by atoms with Crippen molar-refractivity contribution in [3.05, 3.63) is 39.4 Å². The van der Waals surface area contributed by atoms with Crippen molar-refractivity contribution >= 4 is 54.6 Å². The normalized spacial score (nSPS) is 11.5. The van der Waals surface area contributed by atoms with Gasteiger partial charge in [-0.05, 0) is 34.1 Å². The van der Waals surface area contributed by atoms with Crippen LogP contribution in [0.2, 0.25) is 5.02 Å². The Morgan fingerprint density at radius 3 is 2.72 bits per heavy atom. The number of rotatable bonds is 3. The smallest absolute Gasteiger partial charge is 0.267 e. The monoisotopic (exact) mass is 366 g/mol. The molecule has 0 fully saturated rings. The molecule has 0 bridgehead atoms. The van der Waals surface area contributed by atoms with Crippen molar-refractivity contribution in [2.45, 2.75) is 4.21 Å². The molecule has 0 amide bonds. The number of pyridine rings is 1. The van der Waals surface area contributed by atoms with Crippen LogP contribution in [0.4, 0.5) is 5.69 Å². The van der Waals surface area contributed by atoms with E-state index in [1.807, 2.05) is 0 Å². The molecule has 0 spiro atoms. The summed E-state index contributed by atoms with van der Waals surface area (Å²) < 4.78 is 26.6. The molecule has 2 rings (SSSR count). The van der Waals surface area contributed by atoms with Crippen molar-refractivity contribution in [2.75, 3.05) is 11.4 Å². The topological polar surface area (TPSA) is 50.3 Å². The maximum atomic E-state index is 12.3. The number of hydrogen-bond donors (Lipinski definition) is 0. The first kappa shape index (κ1) is 13.8. The van der Waals surface area contributed by atoms with Gasteiger partial charge in [-0.15, -0.1) is 11.3 Å². The predicted octanol–water partition coefficient (Wildman–Crippen LogP) is 3.38. The Balaban J connectivity index is 2.43. The summed E-state index contributed by atoms with van der Waals surface area (Å²) in [7, 11) is -2.12. The third-order valence-electron chi connectivity index (χ3n) is 2.25. The maximum absolute atomic E-state index is 12.3. The van der Waals surface area contributed by atoms with E-state index in [0.29, 0.717) is 14.5 Å². The largest absolute Gasteiger partial charge is 0.273 e. The average molecular weight is 368 g/mol. The molecular weight excluding hydrogens is 360 g/mol. The quantitative estimate of drug-likeness (QED) is 0.835. The van der Waals surface area contributed by atoms with Crippen LogP contribution in [-0.4, -0.2) is 20.4 Å². The predicted molar refractivity (Wildman–Crippen MR) is 76.9 cm³/mol. The van der Waals surface area contributed by atoms with Crippen molar-refractivity contribution in [3.8, 4) is 0 Å². The lowest BCUT2D eigenvalue weighted by Gasteiger charge is -2.17. The molecular formula is C10H8BrClN2O2S2. The first-order valence-electron chi connectivity index (χ1n) is 4.76. The molecule has 2 aromatic rings. The highest BCUT2D eigenvalue weighted by molar-refractivity contribution is 9.11. The molecule has 2 heterocycles. The lowest BCUT2D eigenvalue weighted by Crippen LogP contribution is -2.25. The van der Waals surface area contributed by atoms with Crippen LogP contribution in [0.15, 0.2) is 38.6 Å². The molecule has 0 saturated carbocycles. The van der Waals surface area contributed by atoms with Crippen molar-refractivity contribution in [3.63, 3.8) is 0 Å². The van der Waals surface area contributed by atoms with Crippen molar-refractivity contribution < 1.29 is 8.42 Å². The zero-order valence-corrected chi connectivity index (χ0v) is 13.1. The van der Waals surface area contributed by atoms with E-state index in [0.717, 1.165) is 11.3 Å². The second-order valence-corrected chi connectivity index (χ2v) is 8.34. The van der Waals surface area contributed by atoms with Gasteiger partial charge in [-0.25, -0.2) is 8.42 Å². The van der Waals surface area contributed by atoms with Gasteiger partial charge in [0.1, 0.15) is 4.21 Å². The minimum atomic E-state index is -3.60. The van der Waals surface area contributed by atoms with Gasteiger partial charge < -0.3 is 0 Å². The number of nitrogens with zero attached hydrogens (tertiary/aromatic N) is 2. The van der Waals surface area contributed by atoms with Crippen LogP contribution < -0.4 is 4.31 Å². The molecule has 2 aromatic heterocycles. The van der Waals surface area contributed by atoms with Gasteiger partial charge in [0, 0.05) is 13.2 Å². The van der Waals surface area contributed by atoms with Crippen molar-refractivity contribution in [1.82, 2.24) is 4.98 Å². The first-order chi connectivity index (χ1) is 8.43. The number of thiophene rings is 1. The molecule has 18 heavy (non-hydrogen) atoms. The summed E-state index contributed by atoms with van der Waals surface area (Å²) >= 11 is 10.1. The molecule has 0 N–H and O–H groups in total. The number of hydrogen-bond acceptors (Lipinski definition) is 4. The molecule has 0 aliphatic heterocycles. The standard InChI is InChI=1S/C10H8BrClN2O2S2/c1-14(7-3-2-4-13-6-7)18(15,16)9-5-8(12)10(11)17-9/h2-6H,1H3. The number of sulfonamides is 1. The summed E-state index contributed by atoms with van der Waals surface area (Å²) in [6, 6.07) is 4.78. The summed E-state index contributed by atoms with van der Waals surface area (Å²) in [5.74, 6) is 0. The van der Waals surface area contributed by atoms with E-state index in [1.54, 1.807) is 18.3 Å². The Morgan fingerprint density at radius 2 is 2.22 bits per heavy atom. The third-order valence-corrected chi connectivity index (χ3v) is 6.96. The molecule has 0 aliphatic rings. The van der Waals surface area contributed by atoms with Gasteiger partial charge in [0.05, 0.1) is 20.7 Å². The number of halogens is 2. The lowest BCUT2D eigenvalue weighted by atomic mass is 10.4. The average Bonchev–Trinajstić information content (AvgIpc) is 2.70. The van der Waals surface area contributed by atoms with Crippen LogP contribution in [0.5, 0.6) is 0 Å². The highest BCUT2D eigenvalue weighted by Crippen LogP contribution is 2.36. The fourth-order valence-corrected chi connectivity index (χ4v) is 5.02. The van der Waals surface area contributed by atoms with Gasteiger partial charge >= 0.3 is 0 Å². The van der Waals surface area contributed by atoms with Crippen LogP contribution in [-0.2, 0) is 10.0 Å². The fourth-order valence-electron chi connectivity index (χ4n) is 1.27. The van der Waals surface area contributed by atoms with Crippen molar-refractivity contribution in [1.29, 1.82) is 0 Å². The molecule has 0 atom stereocenters. The van der Waals surface area contributed by atoms with Crippen LogP contribution in [0, 0.1) is 0 Å². The molecule has 0 unspecified atom stereocenters. The fraction of sp³-hybridized carbons (Fsp3) is 0.100. The number of anilines is 1. The van der Waals surface area contributed by atoms with E-state index in [-0.39, 0.29) is 4.21 Å². The van der Waals surface area contributed by atoms with E-state index in [2.05, 4.69) is 20.9 Å². The summed E-state index contributed by atoms with van der Waals surface area (Å²) in [5, 5.41) is 0.387. The first-order valence-corrected chi connectivity index (χ1v) is 8.19. The van der Waals surface area contributed by atoms with Crippen LogP contribution >= 0.6 is 38.9 Å². The van der Waals surface area contributed by atoms with E-state index in [4.69, 9.17) is 11.6 Å². The van der Waals surface area contributed by atoms with Gasteiger partial charge in [0.15, 0.2) is 0 Å². The Labute approximate surface area is 122 Å². The SMILES string of the molecule is CN(c1cccnc1)S(=O)(=O)c1cc(Cl)c(Br)s1. The van der Waals surface area contributed by atoms with Gasteiger partial charge in [-0.2, -0.15) is 0 Å². The minimum absolute atomic E-state index is 0.186. The van der Waals surface area contributed by atoms with Gasteiger partial charge in [-0.3, -0.25) is 9.29 Å². The minimum Gasteiger partial charge on any atom is -0.267 e. The highest BCUT2D eigenvalue weighted by Gasteiger charge is 2.24. The summed E-state index contributed by atoms with van der Waals surface area (Å²) in [6.45, 7) is 0. The Morgan fingerprint density at radius 1 is 1.50 bits per heavy atom. The Bertz CT molecular complexity index is 638. The van der Waals surface area contributed by atoms with Crippen molar-refractivity contribution in [2.24, 2.45) is 0 Å². The maximum Gasteiger partial charge on any atom is 0.273 e. The van der Waals surface area contributed by atoms with E-state index in [9.17, 15) is 8.42 Å². The van der Waals surface area contributed by atoms with Crippen LogP contribution in [0.25, 0.3) is 0 Å². The second-order valence-electron chi connectivity index (χ2n) is 3.37. The zero-order chi connectivity index (χ0) is 13.3. The summed E-state index contributed by atoms with van der Waals surface area (Å²) in [4.78, 5) is 3.90. The lowest BCUT2D eigenvalue weighted by molar-refractivity contribution is 0.596. The van der Waals surface area contributed by atoms with Crippen LogP contribution in [0.3, 0.4) is 0 Å². The second kappa shape index (κ2) is 5.16. The molecule has 0 aliphatic carbocycles. The van der Waals surface area contributed by atoms with Gasteiger partial charge in [0.25, 0.3) is 10.0 Å². The summed E-state index contributed by atoms with van der Waals surface area (Å²) in [5.41, 5.74) is 0.498. The zero-order valence-electron chi connectivity index (χ0n) is 9.17. The van der Waals surface area contributed by atoms with E-state index >= 15 is 0 Å². The Hall–Kier alpha value is -0.630. The molecule has 0 radical (unpaired) electrons. The van der Waals surface area contributed by atoms with Gasteiger partial charge in [-0.1, -0.05) is 11.6 Å². The van der Waals surface area contributed by atoms with E-state index < -0.39 is 10.0 Å². The molecule has 8 heteroatoms. The van der Waals surface area contributed by atoms with E-state index in [1.165, 1.54) is 23.6 Å². The molecule has 0 aromatic carbocycles. The van der Waals surface area contributed by atoms with Crippen LogP contribution in [0.1, 0.15) is 0 Å². The highest BCUT2D eigenvalue weighted by atomic mass is 79.9. The summed E-state index contributed by atoms with van der Waals surface area (Å²) in [6.07, 6.45) is 3.07. The third kappa shape index (κ3) is 2.54. The molecule has 0 saturated heterocycles. The number of aromatic nitrogens is 1.